The Balaban J connectivity index is 1.41. The number of rotatable bonds is 5. The van der Waals surface area contributed by atoms with Gasteiger partial charge in [0.1, 0.15) is 5.75 Å². The second kappa shape index (κ2) is 7.32. The Morgan fingerprint density at radius 3 is 2.83 bits per heavy atom. The van der Waals surface area contributed by atoms with Gasteiger partial charge in [-0.15, -0.1) is 0 Å². The van der Waals surface area contributed by atoms with Gasteiger partial charge >= 0.3 is 0 Å². The third-order valence-electron chi connectivity index (χ3n) is 4.80. The number of carbonyl (C=O) groups excluding carboxylic acids is 1. The minimum atomic E-state index is -0.370. The van der Waals surface area contributed by atoms with E-state index in [9.17, 15) is 4.79 Å². The molecule has 2 heterocycles. The summed E-state index contributed by atoms with van der Waals surface area (Å²) in [5.74, 6) is 0.880. The molecule has 1 aromatic rings. The molecule has 1 fully saturated rings. The van der Waals surface area contributed by atoms with E-state index < -0.39 is 0 Å². The van der Waals surface area contributed by atoms with Gasteiger partial charge in [0.05, 0.1) is 0 Å². The van der Waals surface area contributed by atoms with Crippen molar-refractivity contribution in [3.8, 4) is 5.75 Å². The monoisotopic (exact) mass is 317 g/mol. The zero-order valence-electron chi connectivity index (χ0n) is 14.2. The lowest BCUT2D eigenvalue weighted by Crippen LogP contribution is -2.44. The number of nitrogens with zero attached hydrogens (tertiary/aromatic N) is 1. The lowest BCUT2D eigenvalue weighted by molar-refractivity contribution is -0.127. The topological polar surface area (TPSA) is 53.6 Å². The van der Waals surface area contributed by atoms with Crippen molar-refractivity contribution in [2.45, 2.75) is 32.8 Å². The normalized spacial score (nSPS) is 20.9. The second-order valence-corrected chi connectivity index (χ2v) is 6.59. The van der Waals surface area contributed by atoms with Crippen LogP contribution in [-0.4, -0.2) is 56.2 Å². The number of ether oxygens (including phenoxy) is 1. The Labute approximate surface area is 138 Å². The van der Waals surface area contributed by atoms with Crippen molar-refractivity contribution in [3.05, 3.63) is 28.8 Å². The van der Waals surface area contributed by atoms with Crippen LogP contribution in [-0.2, 0) is 11.2 Å². The average molecular weight is 317 g/mol. The van der Waals surface area contributed by atoms with Gasteiger partial charge in [0.2, 0.25) is 0 Å². The fourth-order valence-corrected chi connectivity index (χ4v) is 3.22. The van der Waals surface area contributed by atoms with E-state index in [1.807, 2.05) is 6.07 Å². The third-order valence-corrected chi connectivity index (χ3v) is 4.80. The number of hydrogen-bond donors (Lipinski definition) is 2. The van der Waals surface area contributed by atoms with Crippen molar-refractivity contribution in [2.24, 2.45) is 0 Å². The van der Waals surface area contributed by atoms with E-state index in [1.165, 1.54) is 11.1 Å². The Kier molecular flexibility index (Phi) is 5.18. The Morgan fingerprint density at radius 2 is 2.04 bits per heavy atom. The van der Waals surface area contributed by atoms with E-state index in [1.54, 1.807) is 0 Å². The number of nitrogens with one attached hydrogen (secondary N) is 2. The molecule has 0 aliphatic carbocycles. The summed E-state index contributed by atoms with van der Waals surface area (Å²) < 4.78 is 5.82. The molecule has 3 rings (SSSR count). The molecule has 2 aliphatic heterocycles. The first-order valence-corrected chi connectivity index (χ1v) is 8.61. The number of aryl methyl sites for hydroxylation is 2. The molecule has 1 unspecified atom stereocenters. The molecule has 0 radical (unpaired) electrons. The zero-order chi connectivity index (χ0) is 16.2. The quantitative estimate of drug-likeness (QED) is 0.796. The van der Waals surface area contributed by atoms with Crippen molar-refractivity contribution in [1.82, 2.24) is 15.5 Å². The predicted molar refractivity (Wildman–Crippen MR) is 91.0 cm³/mol. The summed E-state index contributed by atoms with van der Waals surface area (Å²) in [6.07, 6.45) is 1.30. The first kappa shape index (κ1) is 16.3. The first-order valence-electron chi connectivity index (χ1n) is 8.61. The maximum absolute atomic E-state index is 12.3. The SMILES string of the molecule is Cc1cc2c(cc1C)OC(C(=O)NCCCN1CCNCC1)C2. The number of amides is 1. The molecule has 5 nitrogen and oxygen atoms in total. The molecular formula is C18H27N3O2. The van der Waals surface area contributed by atoms with E-state index >= 15 is 0 Å². The molecule has 23 heavy (non-hydrogen) atoms. The Bertz CT molecular complexity index is 537. The molecule has 5 heteroatoms. The third kappa shape index (κ3) is 4.03. The van der Waals surface area contributed by atoms with Gasteiger partial charge in [-0.25, -0.2) is 0 Å². The molecule has 0 spiro atoms. The minimum absolute atomic E-state index is 0.0109. The van der Waals surface area contributed by atoms with E-state index in [4.69, 9.17) is 4.74 Å². The van der Waals surface area contributed by atoms with Crippen LogP contribution in [0.1, 0.15) is 23.1 Å². The van der Waals surface area contributed by atoms with E-state index in [0.29, 0.717) is 6.42 Å². The van der Waals surface area contributed by atoms with Crippen LogP contribution in [0.15, 0.2) is 12.1 Å². The lowest BCUT2D eigenvalue weighted by atomic mass is 10.0. The number of piperazine rings is 1. The molecule has 2 aliphatic rings. The van der Waals surface area contributed by atoms with Gasteiger partial charge in [-0.1, -0.05) is 6.07 Å². The van der Waals surface area contributed by atoms with Crippen molar-refractivity contribution in [3.63, 3.8) is 0 Å². The van der Waals surface area contributed by atoms with Gasteiger partial charge in [0.15, 0.2) is 6.10 Å². The number of carbonyl (C=O) groups is 1. The van der Waals surface area contributed by atoms with Crippen LogP contribution in [0.5, 0.6) is 5.75 Å². The molecule has 1 saturated heterocycles. The summed E-state index contributed by atoms with van der Waals surface area (Å²) in [4.78, 5) is 14.7. The van der Waals surface area contributed by atoms with Gasteiger partial charge in [0, 0.05) is 39.1 Å². The van der Waals surface area contributed by atoms with E-state index in [0.717, 1.165) is 57.0 Å². The Morgan fingerprint density at radius 1 is 1.30 bits per heavy atom. The summed E-state index contributed by atoms with van der Waals surface area (Å²) >= 11 is 0. The highest BCUT2D eigenvalue weighted by atomic mass is 16.5. The van der Waals surface area contributed by atoms with Gasteiger partial charge in [-0.3, -0.25) is 4.79 Å². The second-order valence-electron chi connectivity index (χ2n) is 6.59. The summed E-state index contributed by atoms with van der Waals surface area (Å²) in [5, 5.41) is 6.37. The molecular weight excluding hydrogens is 290 g/mol. The standard InChI is InChI=1S/C18H27N3O2/c1-13-10-15-12-17(23-16(15)11-14(13)2)18(22)20-4-3-7-21-8-5-19-6-9-21/h10-11,17,19H,3-9,12H2,1-2H3,(H,20,22). The van der Waals surface area contributed by atoms with Crippen molar-refractivity contribution < 1.29 is 9.53 Å². The smallest absolute Gasteiger partial charge is 0.261 e. The summed E-state index contributed by atoms with van der Waals surface area (Å²) in [7, 11) is 0. The Hall–Kier alpha value is -1.59. The highest BCUT2D eigenvalue weighted by molar-refractivity contribution is 5.82. The van der Waals surface area contributed by atoms with Gasteiger partial charge in [0.25, 0.3) is 5.91 Å². The molecule has 0 aromatic heterocycles. The van der Waals surface area contributed by atoms with Crippen LogP contribution in [0.4, 0.5) is 0 Å². The minimum Gasteiger partial charge on any atom is -0.480 e. The van der Waals surface area contributed by atoms with Crippen LogP contribution >= 0.6 is 0 Å². The van der Waals surface area contributed by atoms with Crippen molar-refractivity contribution >= 4 is 5.91 Å². The van der Waals surface area contributed by atoms with Gasteiger partial charge in [-0.05, 0) is 49.6 Å². The zero-order valence-corrected chi connectivity index (χ0v) is 14.2. The summed E-state index contributed by atoms with van der Waals surface area (Å²) in [5.41, 5.74) is 3.61. The summed E-state index contributed by atoms with van der Waals surface area (Å²) in [6.45, 7) is 10.3. The van der Waals surface area contributed by atoms with Gasteiger partial charge in [-0.2, -0.15) is 0 Å². The van der Waals surface area contributed by atoms with Crippen molar-refractivity contribution in [1.29, 1.82) is 0 Å². The van der Waals surface area contributed by atoms with Crippen LogP contribution in [0, 0.1) is 13.8 Å². The fraction of sp³-hybridized carbons (Fsp3) is 0.611. The van der Waals surface area contributed by atoms with Crippen LogP contribution in [0.2, 0.25) is 0 Å². The first-order chi connectivity index (χ1) is 11.1. The van der Waals surface area contributed by atoms with Gasteiger partial charge < -0.3 is 20.3 Å². The summed E-state index contributed by atoms with van der Waals surface area (Å²) in [6, 6.07) is 4.19. The van der Waals surface area contributed by atoms with Crippen LogP contribution < -0.4 is 15.4 Å². The molecule has 1 amide bonds. The molecule has 2 N–H and O–H groups in total. The number of benzene rings is 1. The molecule has 0 bridgehead atoms. The number of fused-ring (bicyclic) bond motifs is 1. The molecule has 126 valence electrons. The maximum Gasteiger partial charge on any atom is 0.261 e. The van der Waals surface area contributed by atoms with Crippen LogP contribution in [0.25, 0.3) is 0 Å². The fourth-order valence-electron chi connectivity index (χ4n) is 3.22. The predicted octanol–water partition coefficient (Wildman–Crippen LogP) is 1.02. The van der Waals surface area contributed by atoms with Crippen LogP contribution in [0.3, 0.4) is 0 Å². The average Bonchev–Trinajstić information content (AvgIpc) is 2.95. The molecule has 1 aromatic carbocycles. The maximum atomic E-state index is 12.3. The van der Waals surface area contributed by atoms with E-state index in [-0.39, 0.29) is 12.0 Å². The van der Waals surface area contributed by atoms with E-state index in [2.05, 4.69) is 35.4 Å². The lowest BCUT2D eigenvalue weighted by Gasteiger charge is -2.27. The molecule has 1 atom stereocenters. The van der Waals surface area contributed by atoms with Crippen molar-refractivity contribution in [2.75, 3.05) is 39.3 Å². The highest BCUT2D eigenvalue weighted by Gasteiger charge is 2.29. The number of hydrogen-bond acceptors (Lipinski definition) is 4. The molecule has 0 saturated carbocycles. The largest absolute Gasteiger partial charge is 0.480 e. The highest BCUT2D eigenvalue weighted by Crippen LogP contribution is 2.31.